The molecule has 3 aromatic carbocycles. The molecule has 1 heterocycles. The van der Waals surface area contributed by atoms with Crippen molar-refractivity contribution >= 4 is 17.5 Å². The zero-order valence-corrected chi connectivity index (χ0v) is 19.9. The summed E-state index contributed by atoms with van der Waals surface area (Å²) in [5, 5.41) is 8.20. The van der Waals surface area contributed by atoms with Gasteiger partial charge >= 0.3 is 0 Å². The number of hydrogen-bond donors (Lipinski definition) is 1. The summed E-state index contributed by atoms with van der Waals surface area (Å²) >= 11 is 6.19. The molecule has 174 valence electrons. The molecule has 4 rings (SSSR count). The topological polar surface area (TPSA) is 65.4 Å². The smallest absolute Gasteiger partial charge is 0.251 e. The lowest BCUT2D eigenvalue weighted by molar-refractivity contribution is 0.0951. The Kier molecular flexibility index (Phi) is 7.50. The highest BCUT2D eigenvalue weighted by molar-refractivity contribution is 6.32. The van der Waals surface area contributed by atoms with Gasteiger partial charge in [0, 0.05) is 29.4 Å². The average molecular weight is 476 g/mol. The number of methoxy groups -OCH3 is 1. The van der Waals surface area contributed by atoms with Crippen LogP contribution in [0.4, 0.5) is 0 Å². The van der Waals surface area contributed by atoms with Crippen molar-refractivity contribution in [2.75, 3.05) is 13.7 Å². The van der Waals surface area contributed by atoms with Gasteiger partial charge in [-0.05, 0) is 48.9 Å². The molecule has 0 atom stereocenters. The molecule has 0 bridgehead atoms. The van der Waals surface area contributed by atoms with E-state index >= 15 is 0 Å². The summed E-state index contributed by atoms with van der Waals surface area (Å²) < 4.78 is 12.8. The molecule has 0 aliphatic carbocycles. The van der Waals surface area contributed by atoms with Gasteiger partial charge in [-0.1, -0.05) is 48.9 Å². The van der Waals surface area contributed by atoms with Crippen LogP contribution in [0.5, 0.6) is 11.5 Å². The van der Waals surface area contributed by atoms with E-state index in [0.29, 0.717) is 29.5 Å². The largest absolute Gasteiger partial charge is 0.495 e. The zero-order valence-electron chi connectivity index (χ0n) is 19.1. The van der Waals surface area contributed by atoms with Crippen molar-refractivity contribution in [3.63, 3.8) is 0 Å². The summed E-state index contributed by atoms with van der Waals surface area (Å²) in [5.74, 6) is 1.08. The van der Waals surface area contributed by atoms with E-state index in [4.69, 9.17) is 26.2 Å². The monoisotopic (exact) mass is 475 g/mol. The van der Waals surface area contributed by atoms with Crippen LogP contribution in [0.3, 0.4) is 0 Å². The maximum atomic E-state index is 12.8. The summed E-state index contributed by atoms with van der Waals surface area (Å²) in [5.41, 5.74) is 3.96. The van der Waals surface area contributed by atoms with E-state index in [1.807, 2.05) is 65.5 Å². The third kappa shape index (κ3) is 5.41. The Bertz CT molecular complexity index is 1270. The van der Waals surface area contributed by atoms with E-state index in [9.17, 15) is 4.79 Å². The summed E-state index contributed by atoms with van der Waals surface area (Å²) in [6.07, 6.45) is 2.87. The van der Waals surface area contributed by atoms with Gasteiger partial charge in [-0.2, -0.15) is 5.10 Å². The number of rotatable bonds is 9. The van der Waals surface area contributed by atoms with Gasteiger partial charge in [0.05, 0.1) is 30.1 Å². The van der Waals surface area contributed by atoms with Crippen LogP contribution in [0, 0.1) is 0 Å². The minimum Gasteiger partial charge on any atom is -0.495 e. The molecule has 1 N–H and O–H groups in total. The molecule has 0 unspecified atom stereocenters. The first-order valence-corrected chi connectivity index (χ1v) is 11.5. The molecule has 0 radical (unpaired) electrons. The van der Waals surface area contributed by atoms with Gasteiger partial charge < -0.3 is 14.8 Å². The van der Waals surface area contributed by atoms with Crippen LogP contribution in [-0.2, 0) is 6.54 Å². The molecular formula is C27H26ClN3O3. The number of amides is 1. The molecule has 0 spiro atoms. The Labute approximate surface area is 204 Å². The molecule has 4 aromatic rings. The highest BCUT2D eigenvalue weighted by Gasteiger charge is 2.15. The number of benzene rings is 3. The summed E-state index contributed by atoms with van der Waals surface area (Å²) in [4.78, 5) is 12.8. The number of aromatic nitrogens is 2. The molecule has 0 saturated heterocycles. The van der Waals surface area contributed by atoms with Crippen LogP contribution < -0.4 is 14.8 Å². The van der Waals surface area contributed by atoms with Crippen LogP contribution in [0.15, 0.2) is 79.0 Å². The van der Waals surface area contributed by atoms with Gasteiger partial charge in [0.1, 0.15) is 11.5 Å². The first-order valence-electron chi connectivity index (χ1n) is 11.1. The predicted molar refractivity (Wildman–Crippen MR) is 134 cm³/mol. The standard InChI is InChI=1S/C27H26ClN3O3/c1-3-14-34-23-11-7-8-19(15-23)26-21(18-31(30-26)22-9-5-4-6-10-22)17-29-27(32)20-12-13-25(33-2)24(28)16-20/h4-13,15-16,18H,3,14,17H2,1-2H3,(H,29,32). The Morgan fingerprint density at radius 2 is 1.88 bits per heavy atom. The van der Waals surface area contributed by atoms with Gasteiger partial charge in [0.2, 0.25) is 0 Å². The van der Waals surface area contributed by atoms with Gasteiger partial charge in [0.25, 0.3) is 5.91 Å². The summed E-state index contributed by atoms with van der Waals surface area (Å²) in [6.45, 7) is 3.02. The van der Waals surface area contributed by atoms with E-state index in [0.717, 1.165) is 34.7 Å². The average Bonchev–Trinajstić information content (AvgIpc) is 3.31. The number of nitrogens with zero attached hydrogens (tertiary/aromatic N) is 2. The van der Waals surface area contributed by atoms with Crippen LogP contribution in [0.1, 0.15) is 29.3 Å². The molecule has 0 aliphatic heterocycles. The minimum absolute atomic E-state index is 0.233. The number of hydrogen-bond acceptors (Lipinski definition) is 4. The second-order valence-electron chi connectivity index (χ2n) is 7.69. The van der Waals surface area contributed by atoms with Gasteiger partial charge in [-0.25, -0.2) is 4.68 Å². The van der Waals surface area contributed by atoms with Gasteiger partial charge in [-0.3, -0.25) is 4.79 Å². The number of ether oxygens (including phenoxy) is 2. The first kappa shape index (κ1) is 23.4. The van der Waals surface area contributed by atoms with Crippen molar-refractivity contribution in [3.8, 4) is 28.4 Å². The number of halogens is 1. The fourth-order valence-corrected chi connectivity index (χ4v) is 3.79. The highest BCUT2D eigenvalue weighted by atomic mass is 35.5. The second kappa shape index (κ2) is 10.9. The number of nitrogens with one attached hydrogen (secondary N) is 1. The van der Waals surface area contributed by atoms with E-state index in [1.165, 1.54) is 7.11 Å². The van der Waals surface area contributed by atoms with Crippen LogP contribution in [0.2, 0.25) is 5.02 Å². The summed E-state index contributed by atoms with van der Waals surface area (Å²) in [6, 6.07) is 22.7. The highest BCUT2D eigenvalue weighted by Crippen LogP contribution is 2.28. The van der Waals surface area contributed by atoms with E-state index in [2.05, 4.69) is 12.2 Å². The minimum atomic E-state index is -0.233. The number of carbonyl (C=O) groups excluding carboxylic acids is 1. The SMILES string of the molecule is CCCOc1cccc(-c2nn(-c3ccccc3)cc2CNC(=O)c2ccc(OC)c(Cl)c2)c1. The third-order valence-electron chi connectivity index (χ3n) is 5.24. The lowest BCUT2D eigenvalue weighted by Gasteiger charge is -2.09. The van der Waals surface area contributed by atoms with Crippen LogP contribution in [-0.4, -0.2) is 29.4 Å². The molecule has 0 fully saturated rings. The molecule has 34 heavy (non-hydrogen) atoms. The summed E-state index contributed by atoms with van der Waals surface area (Å²) in [7, 11) is 1.54. The van der Waals surface area contributed by atoms with Crippen molar-refractivity contribution in [1.82, 2.24) is 15.1 Å². The molecule has 1 amide bonds. The zero-order chi connectivity index (χ0) is 23.9. The number of carbonyl (C=O) groups is 1. The van der Waals surface area contributed by atoms with Crippen molar-refractivity contribution < 1.29 is 14.3 Å². The lowest BCUT2D eigenvalue weighted by Crippen LogP contribution is -2.22. The van der Waals surface area contributed by atoms with E-state index in [-0.39, 0.29) is 5.91 Å². The van der Waals surface area contributed by atoms with Gasteiger partial charge in [-0.15, -0.1) is 0 Å². The van der Waals surface area contributed by atoms with Crippen molar-refractivity contribution in [1.29, 1.82) is 0 Å². The lowest BCUT2D eigenvalue weighted by atomic mass is 10.1. The van der Waals surface area contributed by atoms with Gasteiger partial charge in [0.15, 0.2) is 0 Å². The van der Waals surface area contributed by atoms with Crippen molar-refractivity contribution in [3.05, 3.63) is 95.1 Å². The van der Waals surface area contributed by atoms with Crippen molar-refractivity contribution in [2.24, 2.45) is 0 Å². The fourth-order valence-electron chi connectivity index (χ4n) is 3.53. The second-order valence-corrected chi connectivity index (χ2v) is 8.10. The Hall–Kier alpha value is -3.77. The fraction of sp³-hybridized carbons (Fsp3) is 0.185. The first-order chi connectivity index (χ1) is 16.6. The molecule has 1 aromatic heterocycles. The molecule has 0 aliphatic rings. The Morgan fingerprint density at radius 3 is 2.62 bits per heavy atom. The molecular weight excluding hydrogens is 450 g/mol. The predicted octanol–water partition coefficient (Wildman–Crippen LogP) is 5.92. The quantitative estimate of drug-likeness (QED) is 0.326. The normalized spacial score (nSPS) is 10.7. The third-order valence-corrected chi connectivity index (χ3v) is 5.54. The van der Waals surface area contributed by atoms with E-state index < -0.39 is 0 Å². The Balaban J connectivity index is 1.62. The molecule has 7 heteroatoms. The maximum Gasteiger partial charge on any atom is 0.251 e. The van der Waals surface area contributed by atoms with Crippen LogP contribution >= 0.6 is 11.6 Å². The number of para-hydroxylation sites is 1. The molecule has 0 saturated carbocycles. The van der Waals surface area contributed by atoms with E-state index in [1.54, 1.807) is 18.2 Å². The maximum absolute atomic E-state index is 12.8. The molecule has 6 nitrogen and oxygen atoms in total. The van der Waals surface area contributed by atoms with Crippen LogP contribution in [0.25, 0.3) is 16.9 Å². The Morgan fingerprint density at radius 1 is 1.06 bits per heavy atom. The van der Waals surface area contributed by atoms with Crippen molar-refractivity contribution in [2.45, 2.75) is 19.9 Å².